The topological polar surface area (TPSA) is 66.2 Å². The summed E-state index contributed by atoms with van der Waals surface area (Å²) in [7, 11) is 2.78. The highest BCUT2D eigenvalue weighted by Gasteiger charge is 2.17. The van der Waals surface area contributed by atoms with Crippen molar-refractivity contribution in [2.75, 3.05) is 14.2 Å². The normalized spacial score (nSPS) is 10.5. The fraction of sp³-hybridized carbons (Fsp3) is 0.364. The number of aryl methyl sites for hydroxylation is 1. The SMILES string of the molecule is CCn1cnc2nc(OC)c(C(=O)OC)cc21. The molecular weight excluding hydrogens is 222 g/mol. The molecule has 17 heavy (non-hydrogen) atoms. The fourth-order valence-electron chi connectivity index (χ4n) is 1.63. The average Bonchev–Trinajstić information content (AvgIpc) is 2.78. The number of esters is 1. The standard InChI is InChI=1S/C11H13N3O3/c1-4-14-6-12-9-8(14)5-7(11(15)17-3)10(13-9)16-2/h5-6H,4H2,1-3H3. The van der Waals surface area contributed by atoms with Gasteiger partial charge in [0.25, 0.3) is 0 Å². The van der Waals surface area contributed by atoms with E-state index in [0.717, 1.165) is 12.1 Å². The maximum atomic E-state index is 11.6. The quantitative estimate of drug-likeness (QED) is 0.749. The van der Waals surface area contributed by atoms with Gasteiger partial charge in [-0.25, -0.2) is 9.78 Å². The summed E-state index contributed by atoms with van der Waals surface area (Å²) in [5.74, 6) is -0.245. The van der Waals surface area contributed by atoms with E-state index in [0.29, 0.717) is 11.2 Å². The molecule has 0 saturated heterocycles. The van der Waals surface area contributed by atoms with Crippen molar-refractivity contribution in [3.8, 4) is 5.88 Å². The highest BCUT2D eigenvalue weighted by atomic mass is 16.5. The lowest BCUT2D eigenvalue weighted by Crippen LogP contribution is -2.06. The largest absolute Gasteiger partial charge is 0.480 e. The summed E-state index contributed by atoms with van der Waals surface area (Å²) in [6, 6.07) is 1.68. The van der Waals surface area contributed by atoms with Crippen LogP contribution in [0.25, 0.3) is 11.2 Å². The van der Waals surface area contributed by atoms with E-state index in [1.54, 1.807) is 12.4 Å². The number of hydrogen-bond donors (Lipinski definition) is 0. The molecule has 0 saturated carbocycles. The second kappa shape index (κ2) is 4.40. The molecule has 90 valence electrons. The van der Waals surface area contributed by atoms with Crippen LogP contribution >= 0.6 is 0 Å². The molecule has 0 atom stereocenters. The van der Waals surface area contributed by atoms with Crippen molar-refractivity contribution in [2.45, 2.75) is 13.5 Å². The number of fused-ring (bicyclic) bond motifs is 1. The Morgan fingerprint density at radius 2 is 2.24 bits per heavy atom. The second-order valence-corrected chi connectivity index (χ2v) is 3.41. The summed E-state index contributed by atoms with van der Waals surface area (Å²) in [6.45, 7) is 2.74. The smallest absolute Gasteiger partial charge is 0.343 e. The summed E-state index contributed by atoms with van der Waals surface area (Å²) < 4.78 is 11.6. The fourth-order valence-corrected chi connectivity index (χ4v) is 1.63. The molecule has 0 bridgehead atoms. The van der Waals surface area contributed by atoms with Gasteiger partial charge in [-0.05, 0) is 13.0 Å². The van der Waals surface area contributed by atoms with Gasteiger partial charge >= 0.3 is 5.97 Å². The number of hydrogen-bond acceptors (Lipinski definition) is 5. The minimum absolute atomic E-state index is 0.228. The van der Waals surface area contributed by atoms with Gasteiger partial charge in [0.1, 0.15) is 5.56 Å². The Morgan fingerprint density at radius 1 is 1.47 bits per heavy atom. The van der Waals surface area contributed by atoms with Crippen molar-refractivity contribution in [1.82, 2.24) is 14.5 Å². The van der Waals surface area contributed by atoms with E-state index in [-0.39, 0.29) is 5.88 Å². The maximum absolute atomic E-state index is 11.6. The van der Waals surface area contributed by atoms with Crippen LogP contribution < -0.4 is 4.74 Å². The van der Waals surface area contributed by atoms with Gasteiger partial charge in [0, 0.05) is 6.54 Å². The minimum Gasteiger partial charge on any atom is -0.480 e. The maximum Gasteiger partial charge on any atom is 0.343 e. The zero-order valence-corrected chi connectivity index (χ0v) is 9.93. The molecule has 2 rings (SSSR count). The zero-order chi connectivity index (χ0) is 12.4. The van der Waals surface area contributed by atoms with Crippen molar-refractivity contribution in [3.05, 3.63) is 18.0 Å². The molecule has 6 nitrogen and oxygen atoms in total. The molecule has 0 aromatic carbocycles. The van der Waals surface area contributed by atoms with Crippen molar-refractivity contribution in [3.63, 3.8) is 0 Å². The number of methoxy groups -OCH3 is 2. The number of aromatic nitrogens is 3. The summed E-state index contributed by atoms with van der Waals surface area (Å²) in [4.78, 5) is 19.9. The Morgan fingerprint density at radius 3 is 2.82 bits per heavy atom. The van der Waals surface area contributed by atoms with E-state index in [9.17, 15) is 4.79 Å². The highest BCUT2D eigenvalue weighted by Crippen LogP contribution is 2.22. The molecule has 0 radical (unpaired) electrons. The number of ether oxygens (including phenoxy) is 2. The zero-order valence-electron chi connectivity index (χ0n) is 9.93. The molecule has 0 unspecified atom stereocenters. The van der Waals surface area contributed by atoms with Crippen LogP contribution in [0, 0.1) is 0 Å². The monoisotopic (exact) mass is 235 g/mol. The molecule has 0 amide bonds. The van der Waals surface area contributed by atoms with E-state index >= 15 is 0 Å². The van der Waals surface area contributed by atoms with Gasteiger partial charge < -0.3 is 14.0 Å². The Bertz CT molecular complexity index is 562. The number of carbonyl (C=O) groups is 1. The van der Waals surface area contributed by atoms with Crippen molar-refractivity contribution < 1.29 is 14.3 Å². The Kier molecular flexibility index (Phi) is 2.95. The van der Waals surface area contributed by atoms with Gasteiger partial charge in [-0.1, -0.05) is 0 Å². The van der Waals surface area contributed by atoms with E-state index in [1.165, 1.54) is 14.2 Å². The van der Waals surface area contributed by atoms with Crippen LogP contribution in [-0.2, 0) is 11.3 Å². The van der Waals surface area contributed by atoms with Crippen LogP contribution in [0.3, 0.4) is 0 Å². The lowest BCUT2D eigenvalue weighted by atomic mass is 10.2. The first kappa shape index (κ1) is 11.4. The summed E-state index contributed by atoms with van der Waals surface area (Å²) in [5.41, 5.74) is 1.64. The first-order chi connectivity index (χ1) is 8.21. The second-order valence-electron chi connectivity index (χ2n) is 3.41. The third-order valence-corrected chi connectivity index (χ3v) is 2.52. The Labute approximate surface area is 98.2 Å². The molecule has 2 aromatic rings. The van der Waals surface area contributed by atoms with Gasteiger partial charge in [0.05, 0.1) is 26.1 Å². The van der Waals surface area contributed by atoms with Crippen LogP contribution in [0.4, 0.5) is 0 Å². The number of rotatable bonds is 3. The van der Waals surface area contributed by atoms with Crippen LogP contribution in [0.1, 0.15) is 17.3 Å². The van der Waals surface area contributed by atoms with Gasteiger partial charge in [0.2, 0.25) is 5.88 Å². The number of pyridine rings is 1. The minimum atomic E-state index is -0.472. The van der Waals surface area contributed by atoms with Crippen molar-refractivity contribution in [1.29, 1.82) is 0 Å². The van der Waals surface area contributed by atoms with Crippen molar-refractivity contribution >= 4 is 17.1 Å². The first-order valence-electron chi connectivity index (χ1n) is 5.19. The molecule has 0 aliphatic heterocycles. The molecule has 0 fully saturated rings. The first-order valence-corrected chi connectivity index (χ1v) is 5.19. The van der Waals surface area contributed by atoms with Crippen LogP contribution in [0.2, 0.25) is 0 Å². The van der Waals surface area contributed by atoms with Crippen LogP contribution in [-0.4, -0.2) is 34.7 Å². The van der Waals surface area contributed by atoms with Gasteiger partial charge in [0.15, 0.2) is 5.65 Å². The van der Waals surface area contributed by atoms with Crippen LogP contribution in [0.5, 0.6) is 5.88 Å². The third kappa shape index (κ3) is 1.82. The van der Waals surface area contributed by atoms with Gasteiger partial charge in [-0.2, -0.15) is 4.98 Å². The number of nitrogens with zero attached hydrogens (tertiary/aromatic N) is 3. The third-order valence-electron chi connectivity index (χ3n) is 2.52. The molecule has 0 aliphatic carbocycles. The molecule has 6 heteroatoms. The Balaban J connectivity index is 2.67. The number of imidazole rings is 1. The van der Waals surface area contributed by atoms with E-state index in [1.807, 2.05) is 11.5 Å². The van der Waals surface area contributed by atoms with Crippen molar-refractivity contribution in [2.24, 2.45) is 0 Å². The lowest BCUT2D eigenvalue weighted by molar-refractivity contribution is 0.0596. The average molecular weight is 235 g/mol. The molecule has 2 heterocycles. The molecule has 2 aromatic heterocycles. The predicted octanol–water partition coefficient (Wildman–Crippen LogP) is 1.25. The summed E-state index contributed by atoms with van der Waals surface area (Å²) >= 11 is 0. The predicted molar refractivity (Wildman–Crippen MR) is 61.1 cm³/mol. The van der Waals surface area contributed by atoms with E-state index < -0.39 is 5.97 Å². The van der Waals surface area contributed by atoms with E-state index in [2.05, 4.69) is 14.7 Å². The molecule has 0 N–H and O–H groups in total. The Hall–Kier alpha value is -2.11. The molecular formula is C11H13N3O3. The van der Waals surface area contributed by atoms with E-state index in [4.69, 9.17) is 4.74 Å². The van der Waals surface area contributed by atoms with Crippen LogP contribution in [0.15, 0.2) is 12.4 Å². The van der Waals surface area contributed by atoms with Gasteiger partial charge in [-0.3, -0.25) is 0 Å². The van der Waals surface area contributed by atoms with Gasteiger partial charge in [-0.15, -0.1) is 0 Å². The summed E-state index contributed by atoms with van der Waals surface area (Å²) in [5, 5.41) is 0. The summed E-state index contributed by atoms with van der Waals surface area (Å²) in [6.07, 6.45) is 1.68. The number of carbonyl (C=O) groups excluding carboxylic acids is 1. The lowest BCUT2D eigenvalue weighted by Gasteiger charge is -2.06. The molecule has 0 spiro atoms. The highest BCUT2D eigenvalue weighted by molar-refractivity contribution is 5.95. The molecule has 0 aliphatic rings.